The molecule has 2 saturated heterocycles. The van der Waals surface area contributed by atoms with E-state index in [0.717, 1.165) is 32.5 Å². The van der Waals surface area contributed by atoms with Gasteiger partial charge in [0.05, 0.1) is 17.3 Å². The predicted octanol–water partition coefficient (Wildman–Crippen LogP) is 3.59. The molecule has 1 aromatic carbocycles. The van der Waals surface area contributed by atoms with Gasteiger partial charge in [-0.15, -0.1) is 0 Å². The minimum atomic E-state index is -1.58. The molecule has 1 unspecified atom stereocenters. The normalized spacial score (nSPS) is 35.8. The zero-order chi connectivity index (χ0) is 36.8. The Labute approximate surface area is 305 Å². The average Bonchev–Trinajstić information content (AvgIpc) is 3.25. The largest absolute Gasteiger partial charge is 0.454 e. The zero-order valence-electron chi connectivity index (χ0n) is 30.5. The van der Waals surface area contributed by atoms with Gasteiger partial charge in [0.1, 0.15) is 17.2 Å². The second-order valence-electron chi connectivity index (χ2n) is 15.1. The molecular weight excluding hydrogens is 680 g/mol. The van der Waals surface area contributed by atoms with Crippen molar-refractivity contribution in [3.05, 3.63) is 40.4 Å². The number of hydroxylamine groups is 1. The lowest BCUT2D eigenvalue weighted by atomic mass is 9.55. The van der Waals surface area contributed by atoms with E-state index in [1.165, 1.54) is 12.0 Å². The number of fused-ring (bicyclic) bond motifs is 4. The SMILES string of the molecule is CCOC(=O)N1CCCN(CC(C)[C@@H]2CC[C@@H](C)[C@@]3(O)[C@@H]2C=C(C)[C@@H](OC(C)=O)[C@@H]3OC(=O)[C@@H]2C[C@@]3(O)c4cccc(Cl)c4N(C)O[C@H]3N2)CC1. The Morgan fingerprint density at radius 2 is 1.90 bits per heavy atom. The van der Waals surface area contributed by atoms with Crippen LogP contribution < -0.4 is 10.4 Å². The predicted molar refractivity (Wildman–Crippen MR) is 189 cm³/mol. The number of nitrogens with zero attached hydrogens (tertiary/aromatic N) is 3. The van der Waals surface area contributed by atoms with Crippen LogP contribution in [0.3, 0.4) is 0 Å². The van der Waals surface area contributed by atoms with Gasteiger partial charge in [-0.2, -0.15) is 0 Å². The van der Waals surface area contributed by atoms with E-state index in [4.69, 9.17) is 30.6 Å². The molecule has 3 fully saturated rings. The first-order chi connectivity index (χ1) is 24.2. The van der Waals surface area contributed by atoms with Gasteiger partial charge in [0.15, 0.2) is 18.4 Å². The molecule has 2 aliphatic carbocycles. The quantitative estimate of drug-likeness (QED) is 0.214. The van der Waals surface area contributed by atoms with Gasteiger partial charge in [-0.1, -0.05) is 43.7 Å². The van der Waals surface area contributed by atoms with Crippen molar-refractivity contribution in [1.82, 2.24) is 15.1 Å². The monoisotopic (exact) mass is 732 g/mol. The van der Waals surface area contributed by atoms with E-state index >= 15 is 0 Å². The maximum atomic E-state index is 14.1. The lowest BCUT2D eigenvalue weighted by molar-refractivity contribution is -0.225. The Hall–Kier alpha value is -2.94. The van der Waals surface area contributed by atoms with Crippen LogP contribution in [0.25, 0.3) is 0 Å². The van der Waals surface area contributed by atoms with E-state index in [1.807, 2.05) is 26.8 Å². The van der Waals surface area contributed by atoms with Crippen LogP contribution >= 0.6 is 11.6 Å². The zero-order valence-corrected chi connectivity index (χ0v) is 31.2. The molecule has 0 spiro atoms. The maximum absolute atomic E-state index is 14.1. The van der Waals surface area contributed by atoms with Crippen LogP contribution in [-0.2, 0) is 34.2 Å². The van der Waals surface area contributed by atoms with Crippen molar-refractivity contribution in [2.24, 2.45) is 23.7 Å². The third-order valence-electron chi connectivity index (χ3n) is 11.9. The standard InChI is InChI=1S/C37H53ClN4O9/c1-7-48-35(45)42-15-9-14-41(16-17-42)20-22(3)25-13-12-23(4)37(47)27(25)18-21(2)31(49-24(5)43)32(37)50-33(44)29-19-36(46)26-10-8-11-28(38)30(26)40(6)51-34(36)39-29/h8,10-11,18,22-23,25,27,29,31-32,34,39,46-47H,7,9,12-17,19-20H2,1-6H3/t22?,23-,25+,27-,29+,31-,32+,34-,36-,37-/m1/s1. The van der Waals surface area contributed by atoms with E-state index in [0.29, 0.717) is 48.0 Å². The summed E-state index contributed by atoms with van der Waals surface area (Å²) in [5.74, 6) is -1.69. The van der Waals surface area contributed by atoms with Crippen molar-refractivity contribution in [3.8, 4) is 0 Å². The Morgan fingerprint density at radius 3 is 2.63 bits per heavy atom. The van der Waals surface area contributed by atoms with E-state index in [9.17, 15) is 24.6 Å². The van der Waals surface area contributed by atoms with Gasteiger partial charge in [0, 0.05) is 58.1 Å². The van der Waals surface area contributed by atoms with Gasteiger partial charge in [-0.05, 0) is 69.0 Å². The Kier molecular flexibility index (Phi) is 11.0. The molecule has 1 amide bonds. The lowest BCUT2D eigenvalue weighted by Crippen LogP contribution is -2.66. The van der Waals surface area contributed by atoms with Crippen molar-refractivity contribution in [2.45, 2.75) is 96.0 Å². The highest BCUT2D eigenvalue weighted by Gasteiger charge is 2.62. The molecule has 0 radical (unpaired) electrons. The highest BCUT2D eigenvalue weighted by atomic mass is 35.5. The number of amides is 1. The third-order valence-corrected chi connectivity index (χ3v) is 12.2. The number of hydrogen-bond donors (Lipinski definition) is 3. The van der Waals surface area contributed by atoms with Crippen LogP contribution in [0.5, 0.6) is 0 Å². The molecule has 1 saturated carbocycles. The van der Waals surface area contributed by atoms with Crippen molar-refractivity contribution in [3.63, 3.8) is 0 Å². The Morgan fingerprint density at radius 1 is 1.14 bits per heavy atom. The van der Waals surface area contributed by atoms with E-state index in [1.54, 1.807) is 30.1 Å². The molecule has 282 valence electrons. The van der Waals surface area contributed by atoms with Crippen LogP contribution in [-0.4, -0.2) is 115 Å². The van der Waals surface area contributed by atoms with Crippen molar-refractivity contribution < 1.29 is 43.6 Å². The summed E-state index contributed by atoms with van der Waals surface area (Å²) in [6.45, 7) is 13.1. The first-order valence-electron chi connectivity index (χ1n) is 18.3. The topological polar surface area (TPSA) is 150 Å². The molecule has 14 heteroatoms. The summed E-state index contributed by atoms with van der Waals surface area (Å²) in [5, 5.41) is 29.8. The number of halogens is 1. The second-order valence-corrected chi connectivity index (χ2v) is 15.5. The number of aliphatic hydroxyl groups is 2. The Bertz CT molecular complexity index is 1530. The third kappa shape index (κ3) is 6.97. The highest BCUT2D eigenvalue weighted by Crippen LogP contribution is 2.53. The summed E-state index contributed by atoms with van der Waals surface area (Å²) in [4.78, 5) is 49.0. The van der Waals surface area contributed by atoms with Crippen LogP contribution in [0.4, 0.5) is 10.5 Å². The van der Waals surface area contributed by atoms with Crippen molar-refractivity contribution >= 4 is 35.3 Å². The molecule has 3 N–H and O–H groups in total. The van der Waals surface area contributed by atoms with E-state index in [2.05, 4.69) is 17.1 Å². The van der Waals surface area contributed by atoms with Crippen LogP contribution in [0.2, 0.25) is 5.02 Å². The number of ether oxygens (including phenoxy) is 3. The average molecular weight is 733 g/mol. The summed E-state index contributed by atoms with van der Waals surface area (Å²) in [6.07, 6.45) is 0.951. The van der Waals surface area contributed by atoms with Crippen LogP contribution in [0.15, 0.2) is 29.8 Å². The molecular formula is C37H53ClN4O9. The number of rotatable bonds is 7. The molecule has 5 aliphatic rings. The molecule has 3 heterocycles. The number of anilines is 1. The van der Waals surface area contributed by atoms with Crippen molar-refractivity contribution in [2.75, 3.05) is 51.4 Å². The fourth-order valence-electron chi connectivity index (χ4n) is 9.25. The minimum Gasteiger partial charge on any atom is -0.454 e. The highest BCUT2D eigenvalue weighted by molar-refractivity contribution is 6.33. The number of carbonyl (C=O) groups is 3. The summed E-state index contributed by atoms with van der Waals surface area (Å²) in [5.41, 5.74) is -1.36. The van der Waals surface area contributed by atoms with E-state index in [-0.39, 0.29) is 36.2 Å². The maximum Gasteiger partial charge on any atom is 0.409 e. The summed E-state index contributed by atoms with van der Waals surface area (Å²) < 4.78 is 17.3. The molecule has 6 rings (SSSR count). The number of carbonyl (C=O) groups excluding carboxylic acids is 3. The lowest BCUT2D eigenvalue weighted by Gasteiger charge is -2.56. The number of esters is 2. The van der Waals surface area contributed by atoms with Crippen LogP contribution in [0, 0.1) is 23.7 Å². The van der Waals surface area contributed by atoms with Gasteiger partial charge in [-0.25, -0.2) is 4.79 Å². The van der Waals surface area contributed by atoms with E-state index < -0.39 is 47.6 Å². The number of benzene rings is 1. The number of para-hydroxylation sites is 1. The molecule has 3 aliphatic heterocycles. The fraction of sp³-hybridized carbons (Fsp3) is 0.703. The molecule has 51 heavy (non-hydrogen) atoms. The fourth-order valence-corrected chi connectivity index (χ4v) is 9.55. The molecule has 13 nitrogen and oxygen atoms in total. The second kappa shape index (κ2) is 14.8. The molecule has 0 bridgehead atoms. The Balaban J connectivity index is 1.23. The van der Waals surface area contributed by atoms with Crippen molar-refractivity contribution in [1.29, 1.82) is 0 Å². The van der Waals surface area contributed by atoms with Gasteiger partial charge >= 0.3 is 18.0 Å². The summed E-state index contributed by atoms with van der Waals surface area (Å²) in [7, 11) is 1.68. The van der Waals surface area contributed by atoms with Gasteiger partial charge in [0.25, 0.3) is 0 Å². The smallest absolute Gasteiger partial charge is 0.409 e. The number of hydrogen-bond acceptors (Lipinski definition) is 12. The summed E-state index contributed by atoms with van der Waals surface area (Å²) >= 11 is 6.46. The first-order valence-corrected chi connectivity index (χ1v) is 18.7. The van der Waals surface area contributed by atoms with Gasteiger partial charge in [0.2, 0.25) is 0 Å². The van der Waals surface area contributed by atoms with Crippen LogP contribution in [0.1, 0.15) is 65.9 Å². The molecule has 10 atom stereocenters. The first kappa shape index (κ1) is 37.8. The molecule has 1 aromatic rings. The molecule has 0 aromatic heterocycles. The summed E-state index contributed by atoms with van der Waals surface area (Å²) in [6, 6.07) is 4.21. The number of nitrogens with one attached hydrogen (secondary N) is 1. The minimum absolute atomic E-state index is 0.0448. The van der Waals surface area contributed by atoms with Gasteiger partial charge < -0.3 is 34.2 Å². The van der Waals surface area contributed by atoms with Gasteiger partial charge in [-0.3, -0.25) is 24.8 Å².